The predicted molar refractivity (Wildman–Crippen MR) is 92.4 cm³/mol. The van der Waals surface area contributed by atoms with E-state index >= 15 is 0 Å². The highest BCUT2D eigenvalue weighted by Crippen LogP contribution is 2.35. The normalized spacial score (nSPS) is 10.6. The third kappa shape index (κ3) is 6.25. The minimum atomic E-state index is -0.156. The van der Waals surface area contributed by atoms with Gasteiger partial charge in [0.2, 0.25) is 0 Å². The van der Waals surface area contributed by atoms with Crippen molar-refractivity contribution in [1.82, 2.24) is 4.90 Å². The van der Waals surface area contributed by atoms with Crippen LogP contribution in [0.25, 0.3) is 0 Å². The van der Waals surface area contributed by atoms with Crippen molar-refractivity contribution in [3.8, 4) is 11.5 Å². The molecule has 0 aromatic heterocycles. The van der Waals surface area contributed by atoms with Crippen molar-refractivity contribution in [2.45, 2.75) is 26.3 Å². The molecule has 0 bridgehead atoms. The van der Waals surface area contributed by atoms with E-state index in [0.717, 1.165) is 24.2 Å². The van der Waals surface area contributed by atoms with Crippen LogP contribution in [-0.4, -0.2) is 52.4 Å². The van der Waals surface area contributed by atoms with Crippen LogP contribution in [0.1, 0.15) is 25.3 Å². The van der Waals surface area contributed by atoms with Crippen molar-refractivity contribution in [3.05, 3.63) is 17.7 Å². The van der Waals surface area contributed by atoms with Crippen molar-refractivity contribution in [2.24, 2.45) is 0 Å². The molecule has 0 saturated heterocycles. The Morgan fingerprint density at radius 2 is 1.96 bits per heavy atom. The Labute approximate surface area is 143 Å². The van der Waals surface area contributed by atoms with Crippen LogP contribution in [0, 0.1) is 0 Å². The van der Waals surface area contributed by atoms with Gasteiger partial charge in [0.25, 0.3) is 0 Å². The SMILES string of the molecule is CCOC(=O)CCCN(C)Cc1cc(NOC)cc(OC)c1OC. The summed E-state index contributed by atoms with van der Waals surface area (Å²) in [6, 6.07) is 3.76. The molecule has 0 aliphatic rings. The van der Waals surface area contributed by atoms with Crippen LogP contribution in [0.15, 0.2) is 12.1 Å². The van der Waals surface area contributed by atoms with E-state index in [9.17, 15) is 4.79 Å². The summed E-state index contributed by atoms with van der Waals surface area (Å²) in [5.74, 6) is 1.17. The molecule has 1 aromatic carbocycles. The third-order valence-corrected chi connectivity index (χ3v) is 3.44. The van der Waals surface area contributed by atoms with Crippen molar-refractivity contribution >= 4 is 11.7 Å². The first-order valence-electron chi connectivity index (χ1n) is 7.93. The molecule has 1 rings (SSSR count). The number of rotatable bonds is 11. The van der Waals surface area contributed by atoms with Crippen molar-refractivity contribution < 1.29 is 23.8 Å². The molecule has 7 nitrogen and oxygen atoms in total. The van der Waals surface area contributed by atoms with Gasteiger partial charge in [0.05, 0.1) is 33.6 Å². The lowest BCUT2D eigenvalue weighted by atomic mass is 10.1. The van der Waals surface area contributed by atoms with Crippen LogP contribution < -0.4 is 15.0 Å². The van der Waals surface area contributed by atoms with Gasteiger partial charge in [-0.3, -0.25) is 15.1 Å². The highest BCUT2D eigenvalue weighted by molar-refractivity contribution is 5.69. The maximum absolute atomic E-state index is 11.4. The minimum absolute atomic E-state index is 0.156. The molecule has 0 fully saturated rings. The lowest BCUT2D eigenvalue weighted by molar-refractivity contribution is -0.143. The van der Waals surface area contributed by atoms with Gasteiger partial charge in [0.1, 0.15) is 0 Å². The Hall–Kier alpha value is -1.99. The summed E-state index contributed by atoms with van der Waals surface area (Å²) in [5.41, 5.74) is 4.55. The number of esters is 1. The van der Waals surface area contributed by atoms with E-state index in [0.29, 0.717) is 31.1 Å². The van der Waals surface area contributed by atoms with Crippen LogP contribution in [0.3, 0.4) is 0 Å². The van der Waals surface area contributed by atoms with Gasteiger partial charge in [-0.05, 0) is 33.0 Å². The van der Waals surface area contributed by atoms with Crippen LogP contribution in [0.4, 0.5) is 5.69 Å². The highest BCUT2D eigenvalue weighted by Gasteiger charge is 2.14. The number of hydrogen-bond acceptors (Lipinski definition) is 7. The average molecular weight is 340 g/mol. The van der Waals surface area contributed by atoms with E-state index in [4.69, 9.17) is 19.0 Å². The first-order chi connectivity index (χ1) is 11.5. The summed E-state index contributed by atoms with van der Waals surface area (Å²) in [4.78, 5) is 18.5. The zero-order valence-corrected chi connectivity index (χ0v) is 15.2. The minimum Gasteiger partial charge on any atom is -0.493 e. The van der Waals surface area contributed by atoms with Crippen LogP contribution >= 0.6 is 0 Å². The van der Waals surface area contributed by atoms with Crippen molar-refractivity contribution in [2.75, 3.05) is 47.0 Å². The number of carbonyl (C=O) groups is 1. The molecule has 0 amide bonds. The van der Waals surface area contributed by atoms with Crippen LogP contribution in [-0.2, 0) is 20.9 Å². The number of methoxy groups -OCH3 is 2. The van der Waals surface area contributed by atoms with E-state index in [2.05, 4.69) is 10.4 Å². The smallest absolute Gasteiger partial charge is 0.305 e. The summed E-state index contributed by atoms with van der Waals surface area (Å²) in [6.45, 7) is 3.66. The van der Waals surface area contributed by atoms with Gasteiger partial charge >= 0.3 is 5.97 Å². The zero-order valence-electron chi connectivity index (χ0n) is 15.2. The Morgan fingerprint density at radius 3 is 2.54 bits per heavy atom. The summed E-state index contributed by atoms with van der Waals surface area (Å²) in [7, 11) is 6.76. The lowest BCUT2D eigenvalue weighted by Crippen LogP contribution is -2.21. The number of nitrogens with one attached hydrogen (secondary N) is 1. The molecule has 1 N–H and O–H groups in total. The highest BCUT2D eigenvalue weighted by atomic mass is 16.6. The summed E-state index contributed by atoms with van der Waals surface area (Å²) < 4.78 is 15.8. The maximum atomic E-state index is 11.4. The molecular formula is C17H28N2O5. The molecule has 0 unspecified atom stereocenters. The molecule has 1 aromatic rings. The largest absolute Gasteiger partial charge is 0.493 e. The second-order valence-electron chi connectivity index (χ2n) is 5.32. The van der Waals surface area contributed by atoms with Crippen molar-refractivity contribution in [1.29, 1.82) is 0 Å². The molecule has 0 radical (unpaired) electrons. The van der Waals surface area contributed by atoms with Crippen molar-refractivity contribution in [3.63, 3.8) is 0 Å². The van der Waals surface area contributed by atoms with E-state index in [1.807, 2.05) is 26.1 Å². The van der Waals surface area contributed by atoms with E-state index in [1.165, 1.54) is 0 Å². The first kappa shape index (κ1) is 20.1. The number of nitrogens with zero attached hydrogens (tertiary/aromatic N) is 1. The zero-order chi connectivity index (χ0) is 17.9. The Kier molecular flexibility index (Phi) is 8.96. The Bertz CT molecular complexity index is 522. The Balaban J connectivity index is 2.73. The number of ether oxygens (including phenoxy) is 3. The molecule has 0 aliphatic heterocycles. The molecule has 24 heavy (non-hydrogen) atoms. The summed E-state index contributed by atoms with van der Waals surface area (Å²) >= 11 is 0. The maximum Gasteiger partial charge on any atom is 0.305 e. The average Bonchev–Trinajstić information content (AvgIpc) is 2.55. The Morgan fingerprint density at radius 1 is 1.21 bits per heavy atom. The van der Waals surface area contributed by atoms with Crippen LogP contribution in [0.2, 0.25) is 0 Å². The van der Waals surface area contributed by atoms with Gasteiger partial charge in [-0.1, -0.05) is 0 Å². The van der Waals surface area contributed by atoms with Gasteiger partial charge in [0.15, 0.2) is 11.5 Å². The molecule has 0 saturated carbocycles. The van der Waals surface area contributed by atoms with E-state index in [1.54, 1.807) is 21.3 Å². The first-order valence-corrected chi connectivity index (χ1v) is 7.93. The molecule has 136 valence electrons. The molecule has 0 spiro atoms. The van der Waals surface area contributed by atoms with Gasteiger partial charge in [-0.25, -0.2) is 0 Å². The standard InChI is InChI=1S/C17H28N2O5/c1-6-24-16(20)8-7-9-19(2)12-13-10-14(18-23-5)11-15(21-3)17(13)22-4/h10-11,18H,6-9,12H2,1-5H3. The van der Waals surface area contributed by atoms with E-state index < -0.39 is 0 Å². The monoisotopic (exact) mass is 340 g/mol. The number of anilines is 1. The van der Waals surface area contributed by atoms with Gasteiger partial charge < -0.3 is 19.1 Å². The van der Waals surface area contributed by atoms with Gasteiger partial charge in [-0.15, -0.1) is 0 Å². The molecule has 0 atom stereocenters. The predicted octanol–water partition coefficient (Wildman–Crippen LogP) is 2.45. The number of carbonyl (C=O) groups excluding carboxylic acids is 1. The molecule has 0 aliphatic carbocycles. The number of hydrogen-bond donors (Lipinski definition) is 1. The second kappa shape index (κ2) is 10.7. The lowest BCUT2D eigenvalue weighted by Gasteiger charge is -2.20. The molecule has 7 heteroatoms. The quantitative estimate of drug-likeness (QED) is 0.490. The fraction of sp³-hybridized carbons (Fsp3) is 0.588. The summed E-state index contributed by atoms with van der Waals surface area (Å²) in [6.07, 6.45) is 1.16. The fourth-order valence-corrected chi connectivity index (χ4v) is 2.43. The second-order valence-corrected chi connectivity index (χ2v) is 5.32. The van der Waals surface area contributed by atoms with Gasteiger partial charge in [0, 0.05) is 24.6 Å². The topological polar surface area (TPSA) is 69.3 Å². The van der Waals surface area contributed by atoms with Crippen LogP contribution in [0.5, 0.6) is 11.5 Å². The molecular weight excluding hydrogens is 312 g/mol. The summed E-state index contributed by atoms with van der Waals surface area (Å²) in [5, 5.41) is 0. The number of benzene rings is 1. The van der Waals surface area contributed by atoms with Gasteiger partial charge in [-0.2, -0.15) is 0 Å². The fourth-order valence-electron chi connectivity index (χ4n) is 2.43. The third-order valence-electron chi connectivity index (χ3n) is 3.44. The molecule has 0 heterocycles. The van der Waals surface area contributed by atoms with E-state index in [-0.39, 0.29) is 5.97 Å².